The second-order valence-corrected chi connectivity index (χ2v) is 4.23. The van der Waals surface area contributed by atoms with Gasteiger partial charge in [-0.05, 0) is 39.3 Å². The van der Waals surface area contributed by atoms with Crippen LogP contribution in [0.25, 0.3) is 0 Å². The number of unbranched alkanes of at least 4 members (excludes halogenated alkanes) is 1. The highest BCUT2D eigenvalue weighted by Gasteiger charge is 2.19. The number of methoxy groups -OCH3 is 1. The van der Waals surface area contributed by atoms with Gasteiger partial charge >= 0.3 is 0 Å². The molecule has 0 aliphatic heterocycles. The minimum absolute atomic E-state index is 0.844. The molecule has 84 valence electrons. The van der Waals surface area contributed by atoms with Crippen LogP contribution in [0.4, 0.5) is 0 Å². The molecule has 3 nitrogen and oxygen atoms in total. The fourth-order valence-corrected chi connectivity index (χ4v) is 1.49. The van der Waals surface area contributed by atoms with E-state index >= 15 is 0 Å². The van der Waals surface area contributed by atoms with Gasteiger partial charge in [-0.1, -0.05) is 0 Å². The average molecular weight is 200 g/mol. The van der Waals surface area contributed by atoms with Crippen LogP contribution in [0.2, 0.25) is 0 Å². The topological polar surface area (TPSA) is 24.5 Å². The Labute approximate surface area is 87.8 Å². The lowest BCUT2D eigenvalue weighted by Gasteiger charge is -2.16. The van der Waals surface area contributed by atoms with Crippen LogP contribution >= 0.6 is 0 Å². The summed E-state index contributed by atoms with van der Waals surface area (Å²) in [6.07, 6.45) is 5.19. The van der Waals surface area contributed by atoms with E-state index in [1.54, 1.807) is 7.11 Å². The molecule has 0 saturated heterocycles. The molecule has 1 aliphatic rings. The van der Waals surface area contributed by atoms with Crippen LogP contribution in [0.3, 0.4) is 0 Å². The van der Waals surface area contributed by atoms with Crippen molar-refractivity contribution < 1.29 is 4.74 Å². The van der Waals surface area contributed by atoms with E-state index in [2.05, 4.69) is 17.3 Å². The third-order valence-corrected chi connectivity index (χ3v) is 2.64. The molecule has 0 amide bonds. The summed E-state index contributed by atoms with van der Waals surface area (Å²) in [6, 6.07) is 0.844. The van der Waals surface area contributed by atoms with Crippen LogP contribution in [-0.4, -0.2) is 51.3 Å². The van der Waals surface area contributed by atoms with Crippen molar-refractivity contribution >= 4 is 0 Å². The van der Waals surface area contributed by atoms with Gasteiger partial charge in [0.25, 0.3) is 0 Å². The fourth-order valence-electron chi connectivity index (χ4n) is 1.49. The first-order valence-electron chi connectivity index (χ1n) is 5.74. The van der Waals surface area contributed by atoms with Gasteiger partial charge in [-0.2, -0.15) is 0 Å². The van der Waals surface area contributed by atoms with Crippen LogP contribution in [0.15, 0.2) is 0 Å². The average Bonchev–Trinajstić information content (AvgIpc) is 2.96. The molecular weight excluding hydrogens is 176 g/mol. The summed E-state index contributed by atoms with van der Waals surface area (Å²) >= 11 is 0. The maximum Gasteiger partial charge on any atom is 0.0462 e. The van der Waals surface area contributed by atoms with Gasteiger partial charge in [0.05, 0.1) is 0 Å². The highest BCUT2D eigenvalue weighted by molar-refractivity contribution is 4.80. The van der Waals surface area contributed by atoms with E-state index in [-0.39, 0.29) is 0 Å². The Kier molecular flexibility index (Phi) is 6.15. The molecular formula is C11H24N2O. The number of nitrogens with one attached hydrogen (secondary N) is 1. The Bertz CT molecular complexity index is 137. The molecule has 0 aromatic heterocycles. The van der Waals surface area contributed by atoms with Crippen LogP contribution in [0.5, 0.6) is 0 Å². The zero-order valence-corrected chi connectivity index (χ0v) is 9.59. The van der Waals surface area contributed by atoms with Crippen molar-refractivity contribution in [2.24, 2.45) is 0 Å². The first-order valence-corrected chi connectivity index (χ1v) is 5.74. The van der Waals surface area contributed by atoms with Crippen molar-refractivity contribution in [1.82, 2.24) is 10.2 Å². The van der Waals surface area contributed by atoms with Crippen LogP contribution in [0.1, 0.15) is 25.7 Å². The summed E-state index contributed by atoms with van der Waals surface area (Å²) in [5.41, 5.74) is 0. The lowest BCUT2D eigenvalue weighted by molar-refractivity contribution is 0.187. The molecule has 0 aromatic rings. The first kappa shape index (κ1) is 12.0. The number of ether oxygens (including phenoxy) is 1. The molecule has 0 unspecified atom stereocenters. The number of hydrogen-bond donors (Lipinski definition) is 1. The minimum Gasteiger partial charge on any atom is -0.385 e. The van der Waals surface area contributed by atoms with E-state index in [0.717, 1.165) is 19.2 Å². The quantitative estimate of drug-likeness (QED) is 0.564. The van der Waals surface area contributed by atoms with Crippen molar-refractivity contribution in [2.45, 2.75) is 31.7 Å². The van der Waals surface area contributed by atoms with Gasteiger partial charge in [0.15, 0.2) is 0 Å². The van der Waals surface area contributed by atoms with Gasteiger partial charge in [-0.3, -0.25) is 0 Å². The predicted octanol–water partition coefficient (Wildman–Crippen LogP) is 1.10. The van der Waals surface area contributed by atoms with Crippen LogP contribution in [0, 0.1) is 0 Å². The maximum absolute atomic E-state index is 5.01. The SMILES string of the molecule is COCCCCN(C)CCNC1CC1. The summed E-state index contributed by atoms with van der Waals surface area (Å²) < 4.78 is 5.01. The molecule has 0 heterocycles. The van der Waals surface area contributed by atoms with Gasteiger partial charge in [0.2, 0.25) is 0 Å². The summed E-state index contributed by atoms with van der Waals surface area (Å²) in [7, 11) is 3.96. The minimum atomic E-state index is 0.844. The van der Waals surface area contributed by atoms with Gasteiger partial charge in [-0.15, -0.1) is 0 Å². The highest BCUT2D eigenvalue weighted by Crippen LogP contribution is 2.17. The Hall–Kier alpha value is -0.120. The van der Waals surface area contributed by atoms with Crippen molar-refractivity contribution in [1.29, 1.82) is 0 Å². The van der Waals surface area contributed by atoms with Gasteiger partial charge in [0.1, 0.15) is 0 Å². The standard InChI is InChI=1S/C11H24N2O/c1-13(8-3-4-10-14-2)9-7-12-11-5-6-11/h11-12H,3-10H2,1-2H3. The molecule has 1 aliphatic carbocycles. The molecule has 1 saturated carbocycles. The Morgan fingerprint density at radius 2 is 2.07 bits per heavy atom. The molecule has 1 rings (SSSR count). The van der Waals surface area contributed by atoms with E-state index in [1.165, 1.54) is 38.8 Å². The molecule has 1 N–H and O–H groups in total. The van der Waals surface area contributed by atoms with E-state index in [1.807, 2.05) is 0 Å². The number of hydrogen-bond acceptors (Lipinski definition) is 3. The normalized spacial score (nSPS) is 16.5. The van der Waals surface area contributed by atoms with Crippen LogP contribution in [-0.2, 0) is 4.74 Å². The molecule has 0 aromatic carbocycles. The van der Waals surface area contributed by atoms with Gasteiger partial charge in [-0.25, -0.2) is 0 Å². The maximum atomic E-state index is 5.01. The zero-order chi connectivity index (χ0) is 10.2. The van der Waals surface area contributed by atoms with E-state index in [9.17, 15) is 0 Å². The molecule has 3 heteroatoms. The van der Waals surface area contributed by atoms with Crippen molar-refractivity contribution in [2.75, 3.05) is 40.4 Å². The van der Waals surface area contributed by atoms with E-state index in [0.29, 0.717) is 0 Å². The number of likely N-dealkylation sites (N-methyl/N-ethyl adjacent to an activating group) is 1. The van der Waals surface area contributed by atoms with Gasteiger partial charge in [0, 0.05) is 32.8 Å². The van der Waals surface area contributed by atoms with Gasteiger partial charge < -0.3 is 15.0 Å². The third-order valence-electron chi connectivity index (χ3n) is 2.64. The molecule has 0 radical (unpaired) electrons. The summed E-state index contributed by atoms with van der Waals surface area (Å²) in [5, 5.41) is 3.52. The monoisotopic (exact) mass is 200 g/mol. The van der Waals surface area contributed by atoms with Crippen molar-refractivity contribution in [3.63, 3.8) is 0 Å². The largest absolute Gasteiger partial charge is 0.385 e. The number of nitrogens with zero attached hydrogens (tertiary/aromatic N) is 1. The third kappa shape index (κ3) is 6.35. The highest BCUT2D eigenvalue weighted by atomic mass is 16.5. The second-order valence-electron chi connectivity index (χ2n) is 4.23. The van der Waals surface area contributed by atoms with Crippen molar-refractivity contribution in [3.8, 4) is 0 Å². The second kappa shape index (κ2) is 7.21. The van der Waals surface area contributed by atoms with E-state index in [4.69, 9.17) is 4.74 Å². The molecule has 0 atom stereocenters. The molecule has 14 heavy (non-hydrogen) atoms. The Morgan fingerprint density at radius 1 is 1.29 bits per heavy atom. The summed E-state index contributed by atoms with van der Waals surface area (Å²) in [6.45, 7) is 4.40. The molecule has 1 fully saturated rings. The zero-order valence-electron chi connectivity index (χ0n) is 9.59. The first-order chi connectivity index (χ1) is 6.83. The molecule has 0 bridgehead atoms. The lowest BCUT2D eigenvalue weighted by atomic mass is 10.3. The lowest BCUT2D eigenvalue weighted by Crippen LogP contribution is -2.31. The Balaban J connectivity index is 1.79. The summed E-state index contributed by atoms with van der Waals surface area (Å²) in [5.74, 6) is 0. The predicted molar refractivity (Wildman–Crippen MR) is 59.6 cm³/mol. The summed E-state index contributed by atoms with van der Waals surface area (Å²) in [4.78, 5) is 2.39. The Morgan fingerprint density at radius 3 is 2.71 bits per heavy atom. The van der Waals surface area contributed by atoms with E-state index < -0.39 is 0 Å². The van der Waals surface area contributed by atoms with Crippen molar-refractivity contribution in [3.05, 3.63) is 0 Å². The molecule has 0 spiro atoms. The smallest absolute Gasteiger partial charge is 0.0462 e. The fraction of sp³-hybridized carbons (Fsp3) is 1.00. The van der Waals surface area contributed by atoms with Crippen LogP contribution < -0.4 is 5.32 Å². The number of rotatable bonds is 9.